The molecule has 238 valence electrons. The molecule has 0 aromatic rings. The number of ether oxygens (including phenoxy) is 3. The molecule has 0 radical (unpaired) electrons. The van der Waals surface area contributed by atoms with E-state index in [1.54, 1.807) is 0 Å². The summed E-state index contributed by atoms with van der Waals surface area (Å²) in [6, 6.07) is 0. The van der Waals surface area contributed by atoms with Gasteiger partial charge in [-0.3, -0.25) is 19.3 Å². The summed E-state index contributed by atoms with van der Waals surface area (Å²) in [5.41, 5.74) is 0.0768. The largest absolute Gasteiger partial charge is 0.463 e. The van der Waals surface area contributed by atoms with Crippen molar-refractivity contribution >= 4 is 29.5 Å². The molecule has 0 aromatic heterocycles. The second-order valence-corrected chi connectivity index (χ2v) is 17.4. The maximum atomic E-state index is 13.1. The van der Waals surface area contributed by atoms with Crippen LogP contribution in [0.25, 0.3) is 0 Å². The zero-order valence-corrected chi connectivity index (χ0v) is 27.8. The predicted octanol–water partition coefficient (Wildman–Crippen LogP) is 5.92. The average Bonchev–Trinajstić information content (AvgIpc) is 3.30. The van der Waals surface area contributed by atoms with Gasteiger partial charge in [0.2, 0.25) is 0 Å². The van der Waals surface area contributed by atoms with Crippen molar-refractivity contribution < 1.29 is 28.6 Å². The topological polar surface area (TPSA) is 82.1 Å². The fourth-order valence-electron chi connectivity index (χ4n) is 10.0. The van der Waals surface area contributed by atoms with E-state index in [0.717, 1.165) is 50.6 Å². The van der Waals surface area contributed by atoms with Crippen LogP contribution in [-0.4, -0.2) is 78.2 Å². The Kier molecular flexibility index (Phi) is 9.49. The lowest BCUT2D eigenvalue weighted by Crippen LogP contribution is -2.56. The molecule has 0 N–H and O–H groups in total. The first-order valence-electron chi connectivity index (χ1n) is 16.6. The Balaban J connectivity index is 1.10. The molecule has 4 saturated carbocycles. The highest BCUT2D eigenvalue weighted by molar-refractivity contribution is 8.01. The summed E-state index contributed by atoms with van der Waals surface area (Å²) in [5, 5.41) is 0. The minimum atomic E-state index is -0.417. The van der Waals surface area contributed by atoms with Gasteiger partial charge in [-0.05, 0) is 120 Å². The Labute approximate surface area is 257 Å². The lowest BCUT2D eigenvalue weighted by molar-refractivity contribution is -0.178. The predicted molar refractivity (Wildman–Crippen MR) is 165 cm³/mol. The number of esters is 2. The van der Waals surface area contributed by atoms with Crippen molar-refractivity contribution in [3.05, 3.63) is 0 Å². The standard InChI is InChI=1S/C34H55NO6S/c1-23(36)26-9-10-27-25-8-7-24-19-32(4,13-14-33(24,5)28(25)11-12-34(26,27)6)41-30(38)21-42-31(2,3)22-40-29(37)20-35-15-17-39-18-16-35/h24-28H,7-22H2,1-6H3/t24-,25-,26+,27-,28-,32+,33-,34+/m0/s1. The third-order valence-corrected chi connectivity index (χ3v) is 13.7. The molecule has 42 heavy (non-hydrogen) atoms. The third kappa shape index (κ3) is 6.61. The first-order valence-corrected chi connectivity index (χ1v) is 17.6. The molecule has 8 heteroatoms. The first-order chi connectivity index (χ1) is 19.7. The summed E-state index contributed by atoms with van der Waals surface area (Å²) >= 11 is 1.50. The number of rotatable bonds is 9. The van der Waals surface area contributed by atoms with Crippen LogP contribution in [0.3, 0.4) is 0 Å². The quantitative estimate of drug-likeness (QED) is 0.300. The van der Waals surface area contributed by atoms with Crippen LogP contribution >= 0.6 is 11.8 Å². The molecule has 1 saturated heterocycles. The van der Waals surface area contributed by atoms with Crippen molar-refractivity contribution in [3.63, 3.8) is 0 Å². The molecule has 5 rings (SSSR count). The fourth-order valence-corrected chi connectivity index (χ4v) is 10.7. The second kappa shape index (κ2) is 12.3. The maximum absolute atomic E-state index is 13.1. The van der Waals surface area contributed by atoms with E-state index in [9.17, 15) is 14.4 Å². The van der Waals surface area contributed by atoms with Crippen LogP contribution in [0.15, 0.2) is 0 Å². The van der Waals surface area contributed by atoms with Gasteiger partial charge >= 0.3 is 11.9 Å². The normalized spacial score (nSPS) is 40.4. The van der Waals surface area contributed by atoms with Gasteiger partial charge in [0.25, 0.3) is 0 Å². The van der Waals surface area contributed by atoms with Crippen molar-refractivity contribution in [2.24, 2.45) is 40.4 Å². The van der Waals surface area contributed by atoms with Gasteiger partial charge in [0.1, 0.15) is 18.0 Å². The molecule has 8 atom stereocenters. The molecule has 4 aliphatic carbocycles. The number of Topliss-reactive ketones (excluding diaryl/α,β-unsaturated/α-hetero) is 1. The lowest BCUT2D eigenvalue weighted by Gasteiger charge is -2.62. The molecule has 1 aliphatic heterocycles. The zero-order valence-electron chi connectivity index (χ0n) is 27.0. The van der Waals surface area contributed by atoms with E-state index in [1.165, 1.54) is 43.9 Å². The SMILES string of the molecule is CC(=O)[C@H]1CC[C@H]2[C@@H]3CC[C@H]4C[C@](C)(OC(=O)CSC(C)(C)COC(=O)CN5CCOCC5)CC[C@]4(C)[C@H]3CC[C@]12C. The summed E-state index contributed by atoms with van der Waals surface area (Å²) in [4.78, 5) is 39.9. The smallest absolute Gasteiger partial charge is 0.320 e. The molecule has 0 bridgehead atoms. The molecule has 1 heterocycles. The number of carbonyl (C=O) groups excluding carboxylic acids is 3. The molecule has 0 spiro atoms. The number of morpholine rings is 1. The van der Waals surface area contributed by atoms with Crippen LogP contribution in [0, 0.1) is 40.4 Å². The number of hydrogen-bond acceptors (Lipinski definition) is 8. The number of fused-ring (bicyclic) bond motifs is 5. The number of hydrogen-bond donors (Lipinski definition) is 0. The Morgan fingerprint density at radius 3 is 2.33 bits per heavy atom. The van der Waals surface area contributed by atoms with Gasteiger partial charge in [0, 0.05) is 23.8 Å². The number of carbonyl (C=O) groups is 3. The van der Waals surface area contributed by atoms with E-state index in [2.05, 4.69) is 25.7 Å². The van der Waals surface area contributed by atoms with E-state index < -0.39 is 5.60 Å². The summed E-state index contributed by atoms with van der Waals surface area (Å²) in [6.07, 6.45) is 10.2. The molecule has 0 unspecified atom stereocenters. The van der Waals surface area contributed by atoms with Crippen LogP contribution in [0.2, 0.25) is 0 Å². The molecular formula is C34H55NO6S. The highest BCUT2D eigenvalue weighted by Gasteiger charge is 2.61. The van der Waals surface area contributed by atoms with Crippen molar-refractivity contribution in [2.45, 2.75) is 110 Å². The number of nitrogens with zero attached hydrogens (tertiary/aromatic N) is 1. The fraction of sp³-hybridized carbons (Fsp3) is 0.912. The van der Waals surface area contributed by atoms with Gasteiger partial charge in [-0.1, -0.05) is 13.8 Å². The summed E-state index contributed by atoms with van der Waals surface area (Å²) in [5.74, 6) is 3.26. The lowest BCUT2D eigenvalue weighted by atomic mass is 9.44. The van der Waals surface area contributed by atoms with Crippen LogP contribution in [0.4, 0.5) is 0 Å². The molecule has 0 amide bonds. The van der Waals surface area contributed by atoms with Crippen molar-refractivity contribution in [1.29, 1.82) is 0 Å². The maximum Gasteiger partial charge on any atom is 0.320 e. The van der Waals surface area contributed by atoms with E-state index in [1.807, 2.05) is 20.8 Å². The van der Waals surface area contributed by atoms with Gasteiger partial charge in [-0.2, -0.15) is 0 Å². The summed E-state index contributed by atoms with van der Waals surface area (Å²) < 4.78 is 16.8. The minimum Gasteiger partial charge on any atom is -0.463 e. The Morgan fingerprint density at radius 1 is 0.905 bits per heavy atom. The van der Waals surface area contributed by atoms with Gasteiger partial charge in [0.15, 0.2) is 0 Å². The van der Waals surface area contributed by atoms with Gasteiger partial charge < -0.3 is 14.2 Å². The van der Waals surface area contributed by atoms with Gasteiger partial charge in [-0.15, -0.1) is 11.8 Å². The number of ketones is 1. The Hall–Kier alpha value is -1.12. The minimum absolute atomic E-state index is 0.165. The van der Waals surface area contributed by atoms with Crippen LogP contribution < -0.4 is 0 Å². The van der Waals surface area contributed by atoms with E-state index >= 15 is 0 Å². The Morgan fingerprint density at radius 2 is 1.62 bits per heavy atom. The average molecular weight is 606 g/mol. The van der Waals surface area contributed by atoms with Crippen molar-refractivity contribution in [1.82, 2.24) is 4.90 Å². The van der Waals surface area contributed by atoms with E-state index in [-0.39, 0.29) is 46.9 Å². The molecule has 0 aromatic carbocycles. The molecular weight excluding hydrogens is 550 g/mol. The number of thioether (sulfide) groups is 1. The zero-order chi connectivity index (χ0) is 30.3. The molecule has 5 fully saturated rings. The van der Waals surface area contributed by atoms with Crippen molar-refractivity contribution in [3.8, 4) is 0 Å². The highest BCUT2D eigenvalue weighted by Crippen LogP contribution is 2.68. The second-order valence-electron chi connectivity index (χ2n) is 15.7. The van der Waals surface area contributed by atoms with E-state index in [4.69, 9.17) is 14.2 Å². The van der Waals surface area contributed by atoms with E-state index in [0.29, 0.717) is 36.2 Å². The Bertz CT molecular complexity index is 1030. The summed E-state index contributed by atoms with van der Waals surface area (Å²) in [7, 11) is 0. The van der Waals surface area contributed by atoms with Crippen LogP contribution in [0.5, 0.6) is 0 Å². The van der Waals surface area contributed by atoms with Gasteiger partial charge in [0.05, 0.1) is 25.5 Å². The third-order valence-electron chi connectivity index (χ3n) is 12.4. The molecule has 5 aliphatic rings. The summed E-state index contributed by atoms with van der Waals surface area (Å²) in [6.45, 7) is 16.3. The van der Waals surface area contributed by atoms with Crippen LogP contribution in [0.1, 0.15) is 99.3 Å². The first kappa shape index (κ1) is 32.3. The van der Waals surface area contributed by atoms with Crippen molar-refractivity contribution in [2.75, 3.05) is 45.2 Å². The van der Waals surface area contributed by atoms with Gasteiger partial charge in [-0.25, -0.2) is 0 Å². The molecule has 7 nitrogen and oxygen atoms in total. The monoisotopic (exact) mass is 605 g/mol. The highest BCUT2D eigenvalue weighted by atomic mass is 32.2. The van der Waals surface area contributed by atoms with Crippen LogP contribution in [-0.2, 0) is 28.6 Å².